The quantitative estimate of drug-likeness (QED) is 0.707. The fourth-order valence-corrected chi connectivity index (χ4v) is 2.25. The largest absolute Gasteiger partial charge is 0.481 e. The summed E-state index contributed by atoms with van der Waals surface area (Å²) >= 11 is 0. The highest BCUT2D eigenvalue weighted by Gasteiger charge is 2.40. The number of carboxylic acid groups (broad SMARTS) is 1. The Balaban J connectivity index is 2.56. The lowest BCUT2D eigenvalue weighted by Gasteiger charge is -2.35. The molecule has 0 amide bonds. The summed E-state index contributed by atoms with van der Waals surface area (Å²) in [6.45, 7) is 8.10. The maximum absolute atomic E-state index is 11.4. The van der Waals surface area contributed by atoms with Crippen molar-refractivity contribution in [1.29, 1.82) is 0 Å². The van der Waals surface area contributed by atoms with Crippen LogP contribution >= 0.6 is 0 Å². The predicted molar refractivity (Wildman–Crippen MR) is 65.8 cm³/mol. The van der Waals surface area contributed by atoms with Crippen LogP contribution in [0.3, 0.4) is 0 Å². The maximum Gasteiger partial charge on any atom is 0.311 e. The van der Waals surface area contributed by atoms with Gasteiger partial charge in [0.05, 0.1) is 18.6 Å². The fourth-order valence-electron chi connectivity index (χ4n) is 2.25. The predicted octanol–water partition coefficient (Wildman–Crippen LogP) is 0.394. The minimum atomic E-state index is -0.793. The smallest absolute Gasteiger partial charge is 0.311 e. The molecule has 0 saturated carbocycles. The molecule has 100 valence electrons. The van der Waals surface area contributed by atoms with E-state index in [0.717, 1.165) is 32.8 Å². The Labute approximate surface area is 103 Å². The second kappa shape index (κ2) is 6.33. The third-order valence-electron chi connectivity index (χ3n) is 3.87. The average molecular weight is 244 g/mol. The Bertz CT molecular complexity index is 252. The van der Waals surface area contributed by atoms with Crippen LogP contribution in [0.1, 0.15) is 20.3 Å². The van der Waals surface area contributed by atoms with Crippen LogP contribution in [0.5, 0.6) is 0 Å². The Kier molecular flexibility index (Phi) is 5.36. The maximum atomic E-state index is 11.4. The van der Waals surface area contributed by atoms with Crippen LogP contribution in [0.15, 0.2) is 0 Å². The van der Waals surface area contributed by atoms with Gasteiger partial charge in [-0.3, -0.25) is 9.69 Å². The molecule has 1 unspecified atom stereocenters. The molecule has 0 radical (unpaired) electrons. The Morgan fingerprint density at radius 1 is 1.47 bits per heavy atom. The van der Waals surface area contributed by atoms with E-state index in [2.05, 4.69) is 4.90 Å². The summed E-state index contributed by atoms with van der Waals surface area (Å²) in [5.74, 6) is -0.728. The first-order chi connectivity index (χ1) is 8.03. The van der Waals surface area contributed by atoms with E-state index < -0.39 is 11.4 Å². The molecule has 1 rings (SSSR count). The number of carbonyl (C=O) groups is 1. The lowest BCUT2D eigenvalue weighted by molar-refractivity contribution is -0.152. The van der Waals surface area contributed by atoms with Gasteiger partial charge in [-0.05, 0) is 18.9 Å². The van der Waals surface area contributed by atoms with Gasteiger partial charge in [0.1, 0.15) is 0 Å². The monoisotopic (exact) mass is 244 g/mol. The summed E-state index contributed by atoms with van der Waals surface area (Å²) in [7, 11) is 0. The van der Waals surface area contributed by atoms with Crippen molar-refractivity contribution >= 4 is 5.97 Å². The topological polar surface area (TPSA) is 75.8 Å². The highest BCUT2D eigenvalue weighted by Crippen LogP contribution is 2.31. The second-order valence-corrected chi connectivity index (χ2v) is 5.02. The van der Waals surface area contributed by atoms with Crippen LogP contribution in [-0.4, -0.2) is 55.4 Å². The number of nitrogens with zero attached hydrogens (tertiary/aromatic N) is 1. The average Bonchev–Trinajstić information content (AvgIpc) is 2.31. The van der Waals surface area contributed by atoms with Crippen molar-refractivity contribution in [2.24, 2.45) is 17.1 Å². The zero-order chi connectivity index (χ0) is 12.9. The number of carboxylic acids is 1. The summed E-state index contributed by atoms with van der Waals surface area (Å²) in [4.78, 5) is 13.7. The summed E-state index contributed by atoms with van der Waals surface area (Å²) in [6, 6.07) is 0. The highest BCUT2D eigenvalue weighted by atomic mass is 16.5. The van der Waals surface area contributed by atoms with Crippen LogP contribution < -0.4 is 5.73 Å². The molecule has 0 bridgehead atoms. The molecule has 0 aromatic carbocycles. The van der Waals surface area contributed by atoms with Crippen molar-refractivity contribution in [3.8, 4) is 0 Å². The second-order valence-electron chi connectivity index (χ2n) is 5.02. The van der Waals surface area contributed by atoms with Gasteiger partial charge in [0.2, 0.25) is 0 Å². The molecule has 1 aliphatic rings. The fraction of sp³-hybridized carbons (Fsp3) is 0.917. The molecule has 1 atom stereocenters. The first-order valence-corrected chi connectivity index (χ1v) is 6.26. The van der Waals surface area contributed by atoms with E-state index in [1.807, 2.05) is 13.8 Å². The molecule has 0 aliphatic carbocycles. The van der Waals surface area contributed by atoms with Crippen LogP contribution in [-0.2, 0) is 9.53 Å². The Morgan fingerprint density at radius 3 is 2.47 bits per heavy atom. The SMILES string of the molecule is CC(C)C(CN)(CCN1CCOCC1)C(=O)O. The summed E-state index contributed by atoms with van der Waals surface area (Å²) in [6.07, 6.45) is 0.608. The van der Waals surface area contributed by atoms with Gasteiger partial charge in [-0.25, -0.2) is 0 Å². The van der Waals surface area contributed by atoms with Gasteiger partial charge >= 0.3 is 5.97 Å². The van der Waals surface area contributed by atoms with E-state index in [0.29, 0.717) is 6.42 Å². The zero-order valence-electron chi connectivity index (χ0n) is 10.8. The van der Waals surface area contributed by atoms with Gasteiger partial charge < -0.3 is 15.6 Å². The number of hydrogen-bond donors (Lipinski definition) is 2. The minimum absolute atomic E-state index is 0.0473. The number of hydrogen-bond acceptors (Lipinski definition) is 4. The molecular formula is C12H24N2O3. The molecular weight excluding hydrogens is 220 g/mol. The van der Waals surface area contributed by atoms with Crippen molar-refractivity contribution in [3.05, 3.63) is 0 Å². The van der Waals surface area contributed by atoms with Crippen molar-refractivity contribution in [3.63, 3.8) is 0 Å². The molecule has 1 fully saturated rings. The van der Waals surface area contributed by atoms with Crippen molar-refractivity contribution in [1.82, 2.24) is 4.90 Å². The molecule has 1 heterocycles. The summed E-state index contributed by atoms with van der Waals surface area (Å²) < 4.78 is 5.27. The molecule has 5 nitrogen and oxygen atoms in total. The molecule has 1 saturated heterocycles. The first kappa shape index (κ1) is 14.4. The number of ether oxygens (including phenoxy) is 1. The third-order valence-corrected chi connectivity index (χ3v) is 3.87. The van der Waals surface area contributed by atoms with Gasteiger partial charge in [0.15, 0.2) is 0 Å². The summed E-state index contributed by atoms with van der Waals surface area (Å²) in [5.41, 5.74) is 4.91. The van der Waals surface area contributed by atoms with Crippen LogP contribution in [0.25, 0.3) is 0 Å². The van der Waals surface area contributed by atoms with E-state index in [-0.39, 0.29) is 12.5 Å². The minimum Gasteiger partial charge on any atom is -0.481 e. The van der Waals surface area contributed by atoms with E-state index in [4.69, 9.17) is 10.5 Å². The summed E-state index contributed by atoms with van der Waals surface area (Å²) in [5, 5.41) is 9.40. The van der Waals surface area contributed by atoms with E-state index in [1.165, 1.54) is 0 Å². The first-order valence-electron chi connectivity index (χ1n) is 6.26. The van der Waals surface area contributed by atoms with Gasteiger partial charge in [-0.2, -0.15) is 0 Å². The van der Waals surface area contributed by atoms with Crippen LogP contribution in [0, 0.1) is 11.3 Å². The van der Waals surface area contributed by atoms with Gasteiger partial charge in [0.25, 0.3) is 0 Å². The zero-order valence-corrected chi connectivity index (χ0v) is 10.8. The number of morpholine rings is 1. The lowest BCUT2D eigenvalue weighted by atomic mass is 9.74. The number of nitrogens with two attached hydrogens (primary N) is 1. The van der Waals surface area contributed by atoms with Crippen molar-refractivity contribution in [2.75, 3.05) is 39.4 Å². The Hall–Kier alpha value is -0.650. The normalized spacial score (nSPS) is 21.4. The van der Waals surface area contributed by atoms with Crippen molar-refractivity contribution in [2.45, 2.75) is 20.3 Å². The molecule has 5 heteroatoms. The lowest BCUT2D eigenvalue weighted by Crippen LogP contribution is -2.47. The molecule has 1 aliphatic heterocycles. The van der Waals surface area contributed by atoms with Crippen LogP contribution in [0.4, 0.5) is 0 Å². The number of aliphatic carboxylic acids is 1. The molecule has 0 spiro atoms. The molecule has 3 N–H and O–H groups in total. The van der Waals surface area contributed by atoms with E-state index >= 15 is 0 Å². The number of rotatable bonds is 6. The highest BCUT2D eigenvalue weighted by molar-refractivity contribution is 5.75. The van der Waals surface area contributed by atoms with Gasteiger partial charge in [0, 0.05) is 19.6 Å². The molecule has 0 aromatic heterocycles. The molecule has 0 aromatic rings. The standard InChI is InChI=1S/C12H24N2O3/c1-10(2)12(9-13,11(15)16)3-4-14-5-7-17-8-6-14/h10H,3-9,13H2,1-2H3,(H,15,16). The molecule has 17 heavy (non-hydrogen) atoms. The van der Waals surface area contributed by atoms with E-state index in [1.54, 1.807) is 0 Å². The van der Waals surface area contributed by atoms with Gasteiger partial charge in [-0.1, -0.05) is 13.8 Å². The third kappa shape index (κ3) is 3.40. The Morgan fingerprint density at radius 2 is 2.06 bits per heavy atom. The van der Waals surface area contributed by atoms with E-state index in [9.17, 15) is 9.90 Å². The van der Waals surface area contributed by atoms with Gasteiger partial charge in [-0.15, -0.1) is 0 Å². The van der Waals surface area contributed by atoms with Crippen molar-refractivity contribution < 1.29 is 14.6 Å². The van der Waals surface area contributed by atoms with Crippen LogP contribution in [0.2, 0.25) is 0 Å².